The van der Waals surface area contributed by atoms with Gasteiger partial charge in [0, 0.05) is 12.6 Å². The quantitative estimate of drug-likeness (QED) is 0.813. The number of carbonyl (C=O) groups is 1. The van der Waals surface area contributed by atoms with Crippen LogP contribution < -0.4 is 0 Å². The number of hydrogen-bond donors (Lipinski definition) is 0. The highest BCUT2D eigenvalue weighted by atomic mass is 19.1. The molecule has 1 amide bonds. The number of benzene rings is 2. The summed E-state index contributed by atoms with van der Waals surface area (Å²) in [7, 11) is 0. The Hall–Kier alpha value is -2.46. The lowest BCUT2D eigenvalue weighted by Gasteiger charge is -2.32. The molecule has 1 fully saturated rings. The van der Waals surface area contributed by atoms with Gasteiger partial charge in [-0.1, -0.05) is 42.5 Å². The van der Waals surface area contributed by atoms with E-state index in [1.54, 1.807) is 23.1 Å². The zero-order valence-corrected chi connectivity index (χ0v) is 12.7. The molecule has 0 N–H and O–H groups in total. The van der Waals surface area contributed by atoms with Crippen LogP contribution in [0.3, 0.4) is 0 Å². The van der Waals surface area contributed by atoms with Crippen LogP contribution in [0.2, 0.25) is 0 Å². The molecule has 1 unspecified atom stereocenters. The molecule has 1 atom stereocenters. The van der Waals surface area contributed by atoms with E-state index in [1.165, 1.54) is 12.1 Å². The minimum Gasteiger partial charge on any atom is -0.370 e. The summed E-state index contributed by atoms with van der Waals surface area (Å²) in [6.07, 6.45) is 3.19. The third-order valence-electron chi connectivity index (χ3n) is 3.84. The van der Waals surface area contributed by atoms with Gasteiger partial charge >= 0.3 is 0 Å². The van der Waals surface area contributed by atoms with Crippen LogP contribution in [0.15, 0.2) is 60.7 Å². The summed E-state index contributed by atoms with van der Waals surface area (Å²) < 4.78 is 18.7. The number of nitrogens with zero attached hydrogens (tertiary/aromatic N) is 1. The van der Waals surface area contributed by atoms with Gasteiger partial charge in [0.25, 0.3) is 0 Å². The van der Waals surface area contributed by atoms with E-state index in [1.807, 2.05) is 36.4 Å². The van der Waals surface area contributed by atoms with Gasteiger partial charge in [0.05, 0.1) is 13.2 Å². The number of halogens is 1. The van der Waals surface area contributed by atoms with Crippen molar-refractivity contribution in [3.63, 3.8) is 0 Å². The maximum absolute atomic E-state index is 13.0. The normalized spacial score (nSPS) is 18.3. The average Bonchev–Trinajstić information content (AvgIpc) is 2.61. The van der Waals surface area contributed by atoms with Crippen molar-refractivity contribution in [3.8, 4) is 0 Å². The first kappa shape index (κ1) is 15.4. The lowest BCUT2D eigenvalue weighted by Crippen LogP contribution is -2.41. The minimum absolute atomic E-state index is 0.0377. The molecule has 4 heteroatoms. The summed E-state index contributed by atoms with van der Waals surface area (Å²) in [5.41, 5.74) is 1.88. The Labute approximate surface area is 135 Å². The van der Waals surface area contributed by atoms with Gasteiger partial charge in [0.1, 0.15) is 11.9 Å². The molecule has 0 radical (unpaired) electrons. The summed E-state index contributed by atoms with van der Waals surface area (Å²) in [5.74, 6) is -0.312. The van der Waals surface area contributed by atoms with E-state index in [2.05, 4.69) is 0 Å². The second-order valence-corrected chi connectivity index (χ2v) is 5.44. The predicted octanol–water partition coefficient (Wildman–Crippen LogP) is 3.44. The molecule has 118 valence electrons. The molecule has 0 aliphatic carbocycles. The van der Waals surface area contributed by atoms with Gasteiger partial charge in [-0.05, 0) is 29.3 Å². The molecule has 1 heterocycles. The SMILES string of the molecule is O=C(/C=C/c1ccccc1)N1CCOC(c2ccc(F)cc2)C1. The zero-order valence-electron chi connectivity index (χ0n) is 12.7. The summed E-state index contributed by atoms with van der Waals surface area (Å²) in [5, 5.41) is 0. The minimum atomic E-state index is -0.275. The summed E-state index contributed by atoms with van der Waals surface area (Å²) in [6.45, 7) is 1.52. The maximum Gasteiger partial charge on any atom is 0.246 e. The fourth-order valence-electron chi connectivity index (χ4n) is 2.57. The smallest absolute Gasteiger partial charge is 0.246 e. The van der Waals surface area contributed by atoms with Gasteiger partial charge in [0.2, 0.25) is 5.91 Å². The van der Waals surface area contributed by atoms with Gasteiger partial charge in [0.15, 0.2) is 0 Å². The van der Waals surface area contributed by atoms with Crippen molar-refractivity contribution in [3.05, 3.63) is 77.6 Å². The fourth-order valence-corrected chi connectivity index (χ4v) is 2.57. The van der Waals surface area contributed by atoms with Gasteiger partial charge < -0.3 is 9.64 Å². The Bertz CT molecular complexity index is 682. The topological polar surface area (TPSA) is 29.5 Å². The molecule has 3 nitrogen and oxygen atoms in total. The van der Waals surface area contributed by atoms with Crippen molar-refractivity contribution in [1.82, 2.24) is 4.90 Å². The number of hydrogen-bond acceptors (Lipinski definition) is 2. The van der Waals surface area contributed by atoms with Crippen LogP contribution in [0.25, 0.3) is 6.08 Å². The summed E-state index contributed by atoms with van der Waals surface area (Å²) >= 11 is 0. The van der Waals surface area contributed by atoms with Crippen LogP contribution in [0, 0.1) is 5.82 Å². The zero-order chi connectivity index (χ0) is 16.1. The van der Waals surface area contributed by atoms with Crippen molar-refractivity contribution in [2.24, 2.45) is 0 Å². The lowest BCUT2D eigenvalue weighted by atomic mass is 10.1. The number of ether oxygens (including phenoxy) is 1. The van der Waals surface area contributed by atoms with Crippen LogP contribution in [-0.4, -0.2) is 30.5 Å². The number of carbonyl (C=O) groups excluding carboxylic acids is 1. The molecular formula is C19H18FNO2. The standard InChI is InChI=1S/C19H18FNO2/c20-17-9-7-16(8-10-17)18-14-21(12-13-23-18)19(22)11-6-15-4-2-1-3-5-15/h1-11,18H,12-14H2/b11-6+. The Kier molecular flexibility index (Phi) is 4.83. The Morgan fingerprint density at radius 1 is 1.13 bits per heavy atom. The van der Waals surface area contributed by atoms with Gasteiger partial charge in [-0.25, -0.2) is 4.39 Å². The number of rotatable bonds is 3. The molecule has 23 heavy (non-hydrogen) atoms. The molecule has 2 aromatic carbocycles. The molecule has 0 saturated carbocycles. The fraction of sp³-hybridized carbons (Fsp3) is 0.211. The van der Waals surface area contributed by atoms with Crippen molar-refractivity contribution in [2.75, 3.05) is 19.7 Å². The van der Waals surface area contributed by atoms with Crippen LogP contribution in [0.1, 0.15) is 17.2 Å². The van der Waals surface area contributed by atoms with Gasteiger partial charge in [-0.3, -0.25) is 4.79 Å². The molecule has 0 bridgehead atoms. The molecular weight excluding hydrogens is 293 g/mol. The Morgan fingerprint density at radius 3 is 2.61 bits per heavy atom. The van der Waals surface area contributed by atoms with Gasteiger partial charge in [-0.15, -0.1) is 0 Å². The molecule has 1 saturated heterocycles. The van der Waals surface area contributed by atoms with Crippen LogP contribution in [-0.2, 0) is 9.53 Å². The number of amides is 1. The largest absolute Gasteiger partial charge is 0.370 e. The lowest BCUT2D eigenvalue weighted by molar-refractivity contribution is -0.133. The van der Waals surface area contributed by atoms with Crippen LogP contribution >= 0.6 is 0 Å². The summed E-state index contributed by atoms with van der Waals surface area (Å²) in [6, 6.07) is 15.9. The van der Waals surface area contributed by atoms with E-state index in [9.17, 15) is 9.18 Å². The first-order chi connectivity index (χ1) is 11.2. The van der Waals surface area contributed by atoms with E-state index in [-0.39, 0.29) is 17.8 Å². The van der Waals surface area contributed by atoms with E-state index >= 15 is 0 Å². The maximum atomic E-state index is 13.0. The first-order valence-corrected chi connectivity index (χ1v) is 7.61. The van der Waals surface area contributed by atoms with Crippen LogP contribution in [0.4, 0.5) is 4.39 Å². The van der Waals surface area contributed by atoms with E-state index < -0.39 is 0 Å². The third-order valence-corrected chi connectivity index (χ3v) is 3.84. The van der Waals surface area contributed by atoms with Crippen LogP contribution in [0.5, 0.6) is 0 Å². The third kappa shape index (κ3) is 4.05. The highest BCUT2D eigenvalue weighted by molar-refractivity contribution is 5.91. The van der Waals surface area contributed by atoms with Gasteiger partial charge in [-0.2, -0.15) is 0 Å². The monoisotopic (exact) mass is 311 g/mol. The molecule has 1 aliphatic heterocycles. The molecule has 2 aromatic rings. The highest BCUT2D eigenvalue weighted by Gasteiger charge is 2.24. The van der Waals surface area contributed by atoms with Crippen molar-refractivity contribution in [2.45, 2.75) is 6.10 Å². The van der Waals surface area contributed by atoms with Crippen molar-refractivity contribution >= 4 is 12.0 Å². The molecule has 0 aromatic heterocycles. The highest BCUT2D eigenvalue weighted by Crippen LogP contribution is 2.22. The number of morpholine rings is 1. The predicted molar refractivity (Wildman–Crippen MR) is 87.1 cm³/mol. The Morgan fingerprint density at radius 2 is 1.87 bits per heavy atom. The van der Waals surface area contributed by atoms with E-state index in [0.717, 1.165) is 11.1 Å². The summed E-state index contributed by atoms with van der Waals surface area (Å²) in [4.78, 5) is 14.1. The Balaban J connectivity index is 1.65. The average molecular weight is 311 g/mol. The van der Waals surface area contributed by atoms with E-state index in [0.29, 0.717) is 19.7 Å². The van der Waals surface area contributed by atoms with E-state index in [4.69, 9.17) is 4.74 Å². The molecule has 0 spiro atoms. The molecule has 1 aliphatic rings. The van der Waals surface area contributed by atoms with Crippen molar-refractivity contribution < 1.29 is 13.9 Å². The second-order valence-electron chi connectivity index (χ2n) is 5.44. The molecule has 3 rings (SSSR count). The first-order valence-electron chi connectivity index (χ1n) is 7.61. The second kappa shape index (κ2) is 7.20. The van der Waals surface area contributed by atoms with Crippen molar-refractivity contribution in [1.29, 1.82) is 0 Å².